The number of aromatic hydroxyl groups is 2. The first-order valence-electron chi connectivity index (χ1n) is 13.2. The Morgan fingerprint density at radius 2 is 1.67 bits per heavy atom. The summed E-state index contributed by atoms with van der Waals surface area (Å²) >= 11 is 0. The third kappa shape index (κ3) is 4.43. The van der Waals surface area contributed by atoms with Gasteiger partial charge in [0, 0.05) is 17.4 Å². The van der Waals surface area contributed by atoms with Crippen molar-refractivity contribution in [1.29, 1.82) is 0 Å². The van der Waals surface area contributed by atoms with E-state index in [4.69, 9.17) is 15.1 Å². The van der Waals surface area contributed by atoms with Crippen molar-refractivity contribution in [1.82, 2.24) is 14.8 Å². The molecule has 0 spiro atoms. The molecule has 0 radical (unpaired) electrons. The van der Waals surface area contributed by atoms with Crippen molar-refractivity contribution in [3.05, 3.63) is 114 Å². The van der Waals surface area contributed by atoms with Gasteiger partial charge in [0.05, 0.1) is 28.7 Å². The molecule has 5 aromatic rings. The molecule has 9 nitrogen and oxygen atoms in total. The van der Waals surface area contributed by atoms with E-state index in [-0.39, 0.29) is 23.0 Å². The smallest absolute Gasteiger partial charge is 0.416 e. The van der Waals surface area contributed by atoms with Crippen LogP contribution in [0.15, 0.2) is 101 Å². The second kappa shape index (κ2) is 9.72. The van der Waals surface area contributed by atoms with E-state index in [1.54, 1.807) is 35.1 Å². The van der Waals surface area contributed by atoms with Crippen LogP contribution < -0.4 is 10.2 Å². The minimum atomic E-state index is -4.53. The molecule has 3 aromatic carbocycles. The summed E-state index contributed by atoms with van der Waals surface area (Å²) in [6.07, 6.45) is -2.89. The van der Waals surface area contributed by atoms with E-state index in [1.807, 2.05) is 36.1 Å². The Morgan fingerprint density at radius 1 is 0.860 bits per heavy atom. The van der Waals surface area contributed by atoms with Crippen LogP contribution in [0.4, 0.5) is 36.1 Å². The van der Waals surface area contributed by atoms with Gasteiger partial charge in [0.2, 0.25) is 0 Å². The quantitative estimate of drug-likeness (QED) is 0.202. The summed E-state index contributed by atoms with van der Waals surface area (Å²) in [5.41, 5.74) is 2.59. The summed E-state index contributed by atoms with van der Waals surface area (Å²) in [6.45, 7) is 1.85. The first-order valence-corrected chi connectivity index (χ1v) is 13.2. The van der Waals surface area contributed by atoms with Gasteiger partial charge in [0.25, 0.3) is 0 Å². The fourth-order valence-electron chi connectivity index (χ4n) is 5.37. The number of phenolic OH excluding ortho intramolecular Hbond substituents is 2. The van der Waals surface area contributed by atoms with Crippen LogP contribution in [0.1, 0.15) is 28.4 Å². The zero-order valence-electron chi connectivity index (χ0n) is 22.4. The number of anilines is 2. The third-order valence-corrected chi connectivity index (χ3v) is 7.27. The van der Waals surface area contributed by atoms with Gasteiger partial charge >= 0.3 is 6.18 Å². The number of pyridine rings is 1. The van der Waals surface area contributed by atoms with E-state index in [0.717, 1.165) is 17.7 Å². The maximum absolute atomic E-state index is 13.5. The van der Waals surface area contributed by atoms with Gasteiger partial charge in [-0.3, -0.25) is 0 Å². The molecule has 4 heterocycles. The molecule has 1 atom stereocenters. The molecule has 214 valence electrons. The Kier molecular flexibility index (Phi) is 5.94. The fourth-order valence-corrected chi connectivity index (χ4v) is 5.37. The molecule has 1 unspecified atom stereocenters. The lowest BCUT2D eigenvalue weighted by atomic mass is 9.93. The Labute approximate surface area is 242 Å². The second-order valence-electron chi connectivity index (χ2n) is 10.0. The maximum atomic E-state index is 13.5. The number of nitrogens with zero attached hydrogens (tertiary/aromatic N) is 6. The highest BCUT2D eigenvalue weighted by Gasteiger charge is 2.42. The molecule has 2 aromatic heterocycles. The van der Waals surface area contributed by atoms with Gasteiger partial charge in [-0.15, -0.1) is 0 Å². The molecule has 0 amide bonds. The minimum absolute atomic E-state index is 0.176. The lowest BCUT2D eigenvalue weighted by molar-refractivity contribution is -0.137. The molecular weight excluding hydrogens is 559 g/mol. The molecule has 0 aliphatic carbocycles. The highest BCUT2D eigenvalue weighted by Crippen LogP contribution is 2.49. The van der Waals surface area contributed by atoms with Gasteiger partial charge in [0.15, 0.2) is 34.8 Å². The van der Waals surface area contributed by atoms with Gasteiger partial charge in [-0.25, -0.2) is 15.0 Å². The van der Waals surface area contributed by atoms with Crippen LogP contribution in [0.2, 0.25) is 0 Å². The molecular formula is C31H22F3N7O2. The van der Waals surface area contributed by atoms with E-state index >= 15 is 0 Å². The Balaban J connectivity index is 1.48. The number of halogens is 3. The first-order chi connectivity index (χ1) is 20.7. The molecule has 0 saturated carbocycles. The van der Waals surface area contributed by atoms with Crippen LogP contribution >= 0.6 is 0 Å². The molecule has 0 bridgehead atoms. The molecule has 12 heteroatoms. The molecule has 2 aliphatic rings. The number of aromatic nitrogens is 3. The van der Waals surface area contributed by atoms with Crippen molar-refractivity contribution in [3.8, 4) is 17.3 Å². The standard InChI is InChI=1S/C31H22F3N7O2/c1-17-26-27(18-12-13-23(42)24(43)15-18)40-22-10-3-2-9-21(22)37-28(36-20-8-6-7-19(16-20)31(32,33)34)30(40)38-29(26)41(39-17)25-11-4-5-14-35-25/h2-16,27,42-43H,1H3,(H,36,37). The number of rotatable bonds is 3. The SMILES string of the molecule is Cc1nn(-c2ccccn2)c2c1C(c1ccc(O)c(O)c1)N1C(=N2)C(Nc2cccc(C(F)(F)F)c2)=Nc2ccccc21. The topological polar surface area (TPSA) is 111 Å². The number of para-hydroxylation sites is 2. The summed E-state index contributed by atoms with van der Waals surface area (Å²) in [4.78, 5) is 16.1. The number of fused-ring (bicyclic) bond motifs is 4. The normalized spacial score (nSPS) is 15.6. The zero-order valence-corrected chi connectivity index (χ0v) is 22.4. The Bertz CT molecular complexity index is 1950. The number of nitrogens with one attached hydrogen (secondary N) is 1. The average Bonchev–Trinajstić information content (AvgIpc) is 3.33. The molecule has 3 N–H and O–H groups in total. The molecule has 0 saturated heterocycles. The largest absolute Gasteiger partial charge is 0.504 e. The van der Waals surface area contributed by atoms with Crippen molar-refractivity contribution >= 4 is 34.6 Å². The number of aryl methyl sites for hydroxylation is 1. The van der Waals surface area contributed by atoms with Crippen LogP contribution in [0.25, 0.3) is 5.82 Å². The number of amidine groups is 2. The van der Waals surface area contributed by atoms with Gasteiger partial charge < -0.3 is 20.4 Å². The third-order valence-electron chi connectivity index (χ3n) is 7.27. The number of aliphatic imine (C=N–C) groups is 2. The summed E-state index contributed by atoms with van der Waals surface area (Å²) in [6, 6.07) is 21.5. The molecule has 0 fully saturated rings. The van der Waals surface area contributed by atoms with E-state index < -0.39 is 17.8 Å². The first kappa shape index (κ1) is 26.3. The average molecular weight is 582 g/mol. The van der Waals surface area contributed by atoms with Crippen molar-refractivity contribution < 1.29 is 23.4 Å². The summed E-state index contributed by atoms with van der Waals surface area (Å²) < 4.78 is 42.2. The van der Waals surface area contributed by atoms with Crippen LogP contribution in [-0.4, -0.2) is 36.6 Å². The lowest BCUT2D eigenvalue weighted by Crippen LogP contribution is -2.46. The van der Waals surface area contributed by atoms with Crippen LogP contribution in [0, 0.1) is 6.92 Å². The van der Waals surface area contributed by atoms with Crippen molar-refractivity contribution in [2.75, 3.05) is 10.2 Å². The highest BCUT2D eigenvalue weighted by molar-refractivity contribution is 6.51. The molecule has 7 rings (SSSR count). The highest BCUT2D eigenvalue weighted by atomic mass is 19.4. The van der Waals surface area contributed by atoms with Crippen molar-refractivity contribution in [2.24, 2.45) is 9.98 Å². The van der Waals surface area contributed by atoms with Crippen molar-refractivity contribution in [2.45, 2.75) is 19.1 Å². The predicted molar refractivity (Wildman–Crippen MR) is 156 cm³/mol. The number of benzene rings is 3. The second-order valence-corrected chi connectivity index (χ2v) is 10.0. The van der Waals surface area contributed by atoms with E-state index in [0.29, 0.717) is 40.1 Å². The van der Waals surface area contributed by atoms with Crippen LogP contribution in [0.5, 0.6) is 11.5 Å². The predicted octanol–water partition coefficient (Wildman–Crippen LogP) is 6.80. The van der Waals surface area contributed by atoms with Gasteiger partial charge in [-0.1, -0.05) is 30.3 Å². The van der Waals surface area contributed by atoms with Gasteiger partial charge in [-0.05, 0) is 67.1 Å². The zero-order chi connectivity index (χ0) is 29.9. The van der Waals surface area contributed by atoms with Crippen LogP contribution in [-0.2, 0) is 6.18 Å². The minimum Gasteiger partial charge on any atom is -0.504 e. The monoisotopic (exact) mass is 581 g/mol. The fraction of sp³-hybridized carbons (Fsp3) is 0.0968. The maximum Gasteiger partial charge on any atom is 0.416 e. The van der Waals surface area contributed by atoms with Crippen LogP contribution in [0.3, 0.4) is 0 Å². The number of hydrogen-bond acceptors (Lipinski definition) is 8. The van der Waals surface area contributed by atoms with E-state index in [2.05, 4.69) is 10.3 Å². The van der Waals surface area contributed by atoms with E-state index in [9.17, 15) is 23.4 Å². The molecule has 2 aliphatic heterocycles. The summed E-state index contributed by atoms with van der Waals surface area (Å²) in [5.74, 6) is 0.901. The summed E-state index contributed by atoms with van der Waals surface area (Å²) in [7, 11) is 0. The van der Waals surface area contributed by atoms with Gasteiger partial charge in [0.1, 0.15) is 0 Å². The Hall–Kier alpha value is -5.65. The number of alkyl halides is 3. The Morgan fingerprint density at radius 3 is 2.44 bits per heavy atom. The summed E-state index contributed by atoms with van der Waals surface area (Å²) in [5, 5.41) is 28.4. The van der Waals surface area contributed by atoms with Crippen molar-refractivity contribution in [3.63, 3.8) is 0 Å². The molecule has 43 heavy (non-hydrogen) atoms. The van der Waals surface area contributed by atoms with Gasteiger partial charge in [-0.2, -0.15) is 23.0 Å². The number of phenols is 2. The number of hydrogen-bond donors (Lipinski definition) is 3. The van der Waals surface area contributed by atoms with E-state index in [1.165, 1.54) is 24.3 Å². The lowest BCUT2D eigenvalue weighted by Gasteiger charge is -2.40.